The van der Waals surface area contributed by atoms with E-state index in [1.54, 1.807) is 6.20 Å². The van der Waals surface area contributed by atoms with Gasteiger partial charge in [0.05, 0.1) is 24.8 Å². The second kappa shape index (κ2) is 8.64. The number of aliphatic hydroxyl groups is 1. The predicted octanol–water partition coefficient (Wildman–Crippen LogP) is 2.54. The van der Waals surface area contributed by atoms with Crippen LogP contribution in [0.4, 0.5) is 0 Å². The van der Waals surface area contributed by atoms with Gasteiger partial charge in [0.1, 0.15) is 0 Å². The van der Waals surface area contributed by atoms with Crippen molar-refractivity contribution >= 4 is 11.5 Å². The first-order valence-corrected chi connectivity index (χ1v) is 11.4. The van der Waals surface area contributed by atoms with Crippen molar-refractivity contribution in [1.29, 1.82) is 0 Å². The second-order valence-electron chi connectivity index (χ2n) is 8.96. The zero-order chi connectivity index (χ0) is 22.2. The molecule has 7 heteroatoms. The molecule has 1 aliphatic carbocycles. The van der Waals surface area contributed by atoms with Crippen molar-refractivity contribution in [2.45, 2.75) is 50.9 Å². The van der Waals surface area contributed by atoms with Gasteiger partial charge in [-0.25, -0.2) is 0 Å². The molecule has 4 heterocycles. The number of hydrogen-bond donors (Lipinski definition) is 1. The lowest BCUT2D eigenvalue weighted by molar-refractivity contribution is -0.148. The first kappa shape index (κ1) is 21.1. The van der Waals surface area contributed by atoms with Crippen LogP contribution in [-0.4, -0.2) is 45.3 Å². The van der Waals surface area contributed by atoms with E-state index in [4.69, 9.17) is 4.74 Å². The lowest BCUT2D eigenvalue weighted by atomic mass is 9.87. The molecule has 168 valence electrons. The van der Waals surface area contributed by atoms with Crippen molar-refractivity contribution in [3.8, 4) is 0 Å². The lowest BCUT2D eigenvalue weighted by Crippen LogP contribution is -2.46. The van der Waals surface area contributed by atoms with Gasteiger partial charge in [-0.05, 0) is 55.5 Å². The maximum absolute atomic E-state index is 13.6. The molecule has 32 heavy (non-hydrogen) atoms. The van der Waals surface area contributed by atoms with Crippen LogP contribution in [0, 0.1) is 11.8 Å². The van der Waals surface area contributed by atoms with Gasteiger partial charge in [0.2, 0.25) is 0 Å². The van der Waals surface area contributed by atoms with E-state index < -0.39 is 5.92 Å². The third kappa shape index (κ3) is 3.40. The molecule has 0 amide bonds. The molecule has 2 aromatic heterocycles. The van der Waals surface area contributed by atoms with E-state index in [1.165, 1.54) is 13.5 Å². The third-order valence-corrected chi connectivity index (χ3v) is 7.35. The maximum atomic E-state index is 13.6. The normalized spacial score (nSPS) is 27.0. The molecule has 1 fully saturated rings. The Bertz CT molecular complexity index is 1090. The summed E-state index contributed by atoms with van der Waals surface area (Å²) >= 11 is 0. The number of rotatable bonds is 5. The standard InChI is InChI=1S/C25H29N3O4/c1-32-25(31)22-19(15-29)21-14-28-20(23(22)27(21)13-17-9-5-6-12-26-17)11-10-18(24(28)30)16-7-3-2-4-8-16/h5-7,9-12,19,21-23,29H,2-4,8,13-15H2,1H3/t19-,21-,22+,23+/m0/s1. The van der Waals surface area contributed by atoms with E-state index in [0.717, 1.165) is 41.8 Å². The van der Waals surface area contributed by atoms with Crippen LogP contribution in [0.5, 0.6) is 0 Å². The number of fused-ring (bicyclic) bond motifs is 4. The van der Waals surface area contributed by atoms with Gasteiger partial charge in [-0.3, -0.25) is 19.5 Å². The van der Waals surface area contributed by atoms with Crippen LogP contribution < -0.4 is 5.56 Å². The van der Waals surface area contributed by atoms with Gasteiger partial charge >= 0.3 is 5.97 Å². The number of aliphatic hydroxyl groups excluding tert-OH is 1. The Morgan fingerprint density at radius 1 is 1.25 bits per heavy atom. The molecule has 4 atom stereocenters. The van der Waals surface area contributed by atoms with Crippen molar-refractivity contribution in [3.63, 3.8) is 0 Å². The molecule has 0 radical (unpaired) electrons. The number of aromatic nitrogens is 2. The summed E-state index contributed by atoms with van der Waals surface area (Å²) in [4.78, 5) is 33.1. The first-order valence-electron chi connectivity index (χ1n) is 11.4. The van der Waals surface area contributed by atoms with E-state index >= 15 is 0 Å². The Hall–Kier alpha value is -2.77. The molecule has 2 aliphatic heterocycles. The summed E-state index contributed by atoms with van der Waals surface area (Å²) in [5.41, 5.74) is 3.60. The molecule has 0 spiro atoms. The number of carbonyl (C=O) groups excluding carboxylic acids is 1. The second-order valence-corrected chi connectivity index (χ2v) is 8.96. The number of esters is 1. The quantitative estimate of drug-likeness (QED) is 0.727. The van der Waals surface area contributed by atoms with Gasteiger partial charge in [-0.1, -0.05) is 12.1 Å². The number of hydrogen-bond acceptors (Lipinski definition) is 6. The Morgan fingerprint density at radius 2 is 2.12 bits per heavy atom. The fourth-order valence-corrected chi connectivity index (χ4v) is 5.85. The van der Waals surface area contributed by atoms with Crippen molar-refractivity contribution in [2.75, 3.05) is 13.7 Å². The molecule has 1 saturated heterocycles. The average molecular weight is 436 g/mol. The number of nitrogens with zero attached hydrogens (tertiary/aromatic N) is 3. The summed E-state index contributed by atoms with van der Waals surface area (Å²) < 4.78 is 6.98. The van der Waals surface area contributed by atoms with E-state index in [9.17, 15) is 14.7 Å². The van der Waals surface area contributed by atoms with Crippen molar-refractivity contribution in [1.82, 2.24) is 14.5 Å². The predicted molar refractivity (Wildman–Crippen MR) is 120 cm³/mol. The number of carbonyl (C=O) groups is 1. The van der Waals surface area contributed by atoms with Gasteiger partial charge in [0, 0.05) is 49.1 Å². The maximum Gasteiger partial charge on any atom is 0.311 e. The topological polar surface area (TPSA) is 84.7 Å². The zero-order valence-corrected chi connectivity index (χ0v) is 18.3. The Morgan fingerprint density at radius 3 is 2.81 bits per heavy atom. The zero-order valence-electron chi connectivity index (χ0n) is 18.3. The van der Waals surface area contributed by atoms with Gasteiger partial charge in [0.25, 0.3) is 5.56 Å². The van der Waals surface area contributed by atoms with E-state index in [2.05, 4.69) is 16.0 Å². The largest absolute Gasteiger partial charge is 0.469 e. The molecule has 2 aromatic rings. The number of methoxy groups -OCH3 is 1. The molecule has 1 N–H and O–H groups in total. The highest BCUT2D eigenvalue weighted by molar-refractivity contribution is 5.75. The molecule has 0 saturated carbocycles. The fraction of sp³-hybridized carbons (Fsp3) is 0.480. The summed E-state index contributed by atoms with van der Waals surface area (Å²) in [6.07, 6.45) is 8.15. The van der Waals surface area contributed by atoms with E-state index in [-0.39, 0.29) is 36.1 Å². The highest BCUT2D eigenvalue weighted by Crippen LogP contribution is 2.49. The van der Waals surface area contributed by atoms with Crippen LogP contribution in [0.15, 0.2) is 47.4 Å². The summed E-state index contributed by atoms with van der Waals surface area (Å²) in [5, 5.41) is 10.3. The summed E-state index contributed by atoms with van der Waals surface area (Å²) in [5.74, 6) is -1.19. The molecule has 0 unspecified atom stereocenters. The summed E-state index contributed by atoms with van der Waals surface area (Å²) in [6.45, 7) is 0.846. The molecular weight excluding hydrogens is 406 g/mol. The molecule has 0 aromatic carbocycles. The Labute approximate surface area is 187 Å². The minimum absolute atomic E-state index is 0.00495. The Balaban J connectivity index is 1.61. The van der Waals surface area contributed by atoms with Crippen molar-refractivity contribution < 1.29 is 14.6 Å². The van der Waals surface area contributed by atoms with Crippen LogP contribution >= 0.6 is 0 Å². The molecule has 5 rings (SSSR count). The van der Waals surface area contributed by atoms with E-state index in [1.807, 2.05) is 34.9 Å². The van der Waals surface area contributed by atoms with Crippen LogP contribution in [0.3, 0.4) is 0 Å². The Kier molecular flexibility index (Phi) is 5.69. The van der Waals surface area contributed by atoms with Gasteiger partial charge in [-0.15, -0.1) is 0 Å². The lowest BCUT2D eigenvalue weighted by Gasteiger charge is -2.38. The van der Waals surface area contributed by atoms with Crippen molar-refractivity contribution in [3.05, 3.63) is 69.9 Å². The molecular formula is C25H29N3O4. The summed E-state index contributed by atoms with van der Waals surface area (Å²) in [7, 11) is 1.38. The highest BCUT2D eigenvalue weighted by Gasteiger charge is 2.56. The minimum Gasteiger partial charge on any atom is -0.469 e. The highest BCUT2D eigenvalue weighted by atomic mass is 16.5. The number of ether oxygens (including phenoxy) is 1. The molecule has 7 nitrogen and oxygen atoms in total. The van der Waals surface area contributed by atoms with Crippen LogP contribution in [0.2, 0.25) is 0 Å². The van der Waals surface area contributed by atoms with Gasteiger partial charge in [-0.2, -0.15) is 0 Å². The number of allylic oxidation sites excluding steroid dienone is 2. The first-order chi connectivity index (χ1) is 15.6. The van der Waals surface area contributed by atoms with Crippen LogP contribution in [0.1, 0.15) is 48.7 Å². The number of pyridine rings is 2. The van der Waals surface area contributed by atoms with Gasteiger partial charge in [0.15, 0.2) is 0 Å². The monoisotopic (exact) mass is 435 g/mol. The third-order valence-electron chi connectivity index (χ3n) is 7.35. The smallest absolute Gasteiger partial charge is 0.311 e. The minimum atomic E-state index is -0.536. The van der Waals surface area contributed by atoms with E-state index in [0.29, 0.717) is 13.1 Å². The van der Waals surface area contributed by atoms with Crippen molar-refractivity contribution in [2.24, 2.45) is 11.8 Å². The average Bonchev–Trinajstić information content (AvgIpc) is 3.04. The summed E-state index contributed by atoms with van der Waals surface area (Å²) in [6, 6.07) is 9.19. The molecule has 3 aliphatic rings. The van der Waals surface area contributed by atoms with Gasteiger partial charge < -0.3 is 14.4 Å². The SMILES string of the molecule is COC(=O)[C@@H]1[C@@H](CO)[C@@H]2Cn3c(ccc(C4=CCCCC4)c3=O)[C@H]1N2Cc1ccccn1. The fourth-order valence-electron chi connectivity index (χ4n) is 5.85. The van der Waals surface area contributed by atoms with Crippen LogP contribution in [0.25, 0.3) is 5.57 Å². The molecule has 2 bridgehead atoms. The van der Waals surface area contributed by atoms with Crippen LogP contribution in [-0.2, 0) is 22.6 Å².